The summed E-state index contributed by atoms with van der Waals surface area (Å²) < 4.78 is 38.0. The molecule has 1 unspecified atom stereocenters. The number of benzene rings is 2. The third-order valence-corrected chi connectivity index (χ3v) is 4.28. The number of hydrogen-bond donors (Lipinski definition) is 3. The lowest BCUT2D eigenvalue weighted by Gasteiger charge is -2.16. The van der Waals surface area contributed by atoms with Crippen molar-refractivity contribution in [1.29, 1.82) is 0 Å². The van der Waals surface area contributed by atoms with E-state index < -0.39 is 29.6 Å². The molecule has 2 rings (SSSR count). The first-order valence-corrected chi connectivity index (χ1v) is 8.33. The highest BCUT2D eigenvalue weighted by Crippen LogP contribution is 2.30. The monoisotopic (exact) mass is 419 g/mol. The van der Waals surface area contributed by atoms with E-state index in [0.717, 1.165) is 12.1 Å². The van der Waals surface area contributed by atoms with Crippen molar-refractivity contribution in [3.05, 3.63) is 63.6 Å². The number of anilines is 1. The Morgan fingerprint density at radius 2 is 1.74 bits per heavy atom. The Balaban J connectivity index is 1.96. The van der Waals surface area contributed by atoms with E-state index in [-0.39, 0.29) is 21.3 Å². The Kier molecular flexibility index (Phi) is 6.56. The first-order valence-electron chi connectivity index (χ1n) is 7.57. The summed E-state index contributed by atoms with van der Waals surface area (Å²) in [5.41, 5.74) is 3.87. The topological polar surface area (TPSA) is 70.2 Å². The molecule has 0 saturated carbocycles. The predicted molar refractivity (Wildman–Crippen MR) is 96.6 cm³/mol. The number of alkyl halides is 3. The van der Waals surface area contributed by atoms with Crippen LogP contribution in [0, 0.1) is 0 Å². The summed E-state index contributed by atoms with van der Waals surface area (Å²) in [7, 11) is 0. The molecule has 0 fully saturated rings. The highest BCUT2D eigenvalue weighted by atomic mass is 35.5. The molecule has 3 N–H and O–H groups in total. The van der Waals surface area contributed by atoms with E-state index in [9.17, 15) is 22.8 Å². The largest absolute Gasteiger partial charge is 0.416 e. The molecule has 144 valence electrons. The van der Waals surface area contributed by atoms with Crippen LogP contribution >= 0.6 is 23.2 Å². The van der Waals surface area contributed by atoms with Crippen LogP contribution in [0.1, 0.15) is 22.8 Å². The van der Waals surface area contributed by atoms with E-state index in [1.165, 1.54) is 37.3 Å². The summed E-state index contributed by atoms with van der Waals surface area (Å²) in [6, 6.07) is 7.79. The molecule has 0 aliphatic heterocycles. The van der Waals surface area contributed by atoms with Crippen LogP contribution in [0.4, 0.5) is 18.9 Å². The lowest BCUT2D eigenvalue weighted by molar-refractivity contribution is -0.137. The number of nitrogens with one attached hydrogen (secondary N) is 3. The lowest BCUT2D eigenvalue weighted by atomic mass is 10.2. The van der Waals surface area contributed by atoms with Crippen molar-refractivity contribution in [1.82, 2.24) is 10.7 Å². The molecule has 27 heavy (non-hydrogen) atoms. The predicted octanol–water partition coefficient (Wildman–Crippen LogP) is 4.27. The Hall–Kier alpha value is -2.45. The zero-order chi connectivity index (χ0) is 20.2. The van der Waals surface area contributed by atoms with Gasteiger partial charge < -0.3 is 5.32 Å². The Bertz CT molecular complexity index is 860. The third kappa shape index (κ3) is 5.51. The van der Waals surface area contributed by atoms with E-state index in [1.807, 2.05) is 0 Å². The average molecular weight is 420 g/mol. The molecule has 2 aromatic carbocycles. The fourth-order valence-electron chi connectivity index (χ4n) is 2.03. The van der Waals surface area contributed by atoms with Gasteiger partial charge >= 0.3 is 6.18 Å². The van der Waals surface area contributed by atoms with Crippen molar-refractivity contribution in [3.8, 4) is 0 Å². The van der Waals surface area contributed by atoms with Crippen molar-refractivity contribution in [2.75, 3.05) is 5.43 Å². The van der Waals surface area contributed by atoms with Crippen LogP contribution in [-0.4, -0.2) is 17.9 Å². The minimum Gasteiger partial charge on any atom is -0.340 e. The van der Waals surface area contributed by atoms with Gasteiger partial charge in [0.25, 0.3) is 11.8 Å². The van der Waals surface area contributed by atoms with Crippen LogP contribution < -0.4 is 16.2 Å². The van der Waals surface area contributed by atoms with Crippen molar-refractivity contribution in [2.24, 2.45) is 0 Å². The van der Waals surface area contributed by atoms with Crippen LogP contribution in [0.25, 0.3) is 0 Å². The maximum atomic E-state index is 12.7. The lowest BCUT2D eigenvalue weighted by Crippen LogP contribution is -2.46. The third-order valence-electron chi connectivity index (χ3n) is 3.46. The van der Waals surface area contributed by atoms with Gasteiger partial charge in [-0.05, 0) is 37.3 Å². The summed E-state index contributed by atoms with van der Waals surface area (Å²) in [5.74, 6) is -1.29. The molecule has 0 radical (unpaired) electrons. The number of rotatable bonds is 5. The molecule has 2 aromatic rings. The van der Waals surface area contributed by atoms with Gasteiger partial charge in [-0.3, -0.25) is 20.4 Å². The first kappa shape index (κ1) is 20.9. The molecule has 0 heterocycles. The molecule has 0 aliphatic rings. The highest BCUT2D eigenvalue weighted by molar-refractivity contribution is 6.43. The van der Waals surface area contributed by atoms with Crippen LogP contribution in [0.3, 0.4) is 0 Å². The van der Waals surface area contributed by atoms with Crippen molar-refractivity contribution >= 4 is 40.7 Å². The number of amides is 2. The molecular weight excluding hydrogens is 406 g/mol. The summed E-state index contributed by atoms with van der Waals surface area (Å²) in [6.07, 6.45) is -4.50. The van der Waals surface area contributed by atoms with Crippen molar-refractivity contribution in [2.45, 2.75) is 19.1 Å². The number of carbonyl (C=O) groups excluding carboxylic acids is 2. The SMILES string of the molecule is CC(NC(=O)c1cccc(Cl)c1Cl)C(=O)NNc1cccc(C(F)(F)F)c1. The van der Waals surface area contributed by atoms with Gasteiger partial charge in [-0.25, -0.2) is 0 Å². The molecular formula is C17H14Cl2F3N3O2. The van der Waals surface area contributed by atoms with Gasteiger partial charge in [-0.1, -0.05) is 35.3 Å². The summed E-state index contributed by atoms with van der Waals surface area (Å²) >= 11 is 11.8. The van der Waals surface area contributed by atoms with E-state index >= 15 is 0 Å². The summed E-state index contributed by atoms with van der Waals surface area (Å²) in [6.45, 7) is 1.40. The van der Waals surface area contributed by atoms with Gasteiger partial charge in [0, 0.05) is 0 Å². The van der Waals surface area contributed by atoms with Crippen LogP contribution in [0.15, 0.2) is 42.5 Å². The van der Waals surface area contributed by atoms with Gasteiger partial charge in [0.05, 0.1) is 26.9 Å². The quantitative estimate of drug-likeness (QED) is 0.633. The van der Waals surface area contributed by atoms with Gasteiger partial charge in [0.2, 0.25) is 0 Å². The van der Waals surface area contributed by atoms with E-state index in [1.54, 1.807) is 0 Å². The Morgan fingerprint density at radius 3 is 2.41 bits per heavy atom. The molecule has 5 nitrogen and oxygen atoms in total. The zero-order valence-electron chi connectivity index (χ0n) is 13.8. The minimum absolute atomic E-state index is 0.0367. The number of carbonyl (C=O) groups is 2. The maximum Gasteiger partial charge on any atom is 0.416 e. The second kappa shape index (κ2) is 8.49. The van der Waals surface area contributed by atoms with Crippen molar-refractivity contribution < 1.29 is 22.8 Å². The fourth-order valence-corrected chi connectivity index (χ4v) is 2.42. The summed E-state index contributed by atoms with van der Waals surface area (Å²) in [4.78, 5) is 24.2. The number of hydrazine groups is 1. The standard InChI is InChI=1S/C17H14Cl2F3N3O2/c1-9(23-16(27)12-6-3-7-13(18)14(12)19)15(26)25-24-11-5-2-4-10(8-11)17(20,21)22/h2-9,24H,1H3,(H,23,27)(H,25,26). The smallest absolute Gasteiger partial charge is 0.340 e. The van der Waals surface area contributed by atoms with Gasteiger partial charge in [0.1, 0.15) is 6.04 Å². The van der Waals surface area contributed by atoms with Crippen LogP contribution in [0.2, 0.25) is 10.0 Å². The second-order valence-corrected chi connectivity index (χ2v) is 6.27. The minimum atomic E-state index is -4.50. The highest BCUT2D eigenvalue weighted by Gasteiger charge is 2.30. The molecule has 0 bridgehead atoms. The summed E-state index contributed by atoms with van der Waals surface area (Å²) in [5, 5.41) is 2.66. The van der Waals surface area contributed by atoms with Gasteiger partial charge in [-0.15, -0.1) is 0 Å². The normalized spacial score (nSPS) is 12.2. The van der Waals surface area contributed by atoms with Crippen LogP contribution in [-0.2, 0) is 11.0 Å². The molecule has 1 atom stereocenters. The van der Waals surface area contributed by atoms with Crippen molar-refractivity contribution in [3.63, 3.8) is 0 Å². The molecule has 0 saturated heterocycles. The van der Waals surface area contributed by atoms with Crippen LogP contribution in [0.5, 0.6) is 0 Å². The molecule has 0 aromatic heterocycles. The van der Waals surface area contributed by atoms with E-state index in [0.29, 0.717) is 0 Å². The maximum absolute atomic E-state index is 12.7. The second-order valence-electron chi connectivity index (χ2n) is 5.49. The first-order chi connectivity index (χ1) is 12.6. The zero-order valence-corrected chi connectivity index (χ0v) is 15.3. The molecule has 0 aliphatic carbocycles. The van der Waals surface area contributed by atoms with Gasteiger partial charge in [0.15, 0.2) is 0 Å². The van der Waals surface area contributed by atoms with E-state index in [4.69, 9.17) is 23.2 Å². The molecule has 2 amide bonds. The molecule has 10 heteroatoms. The Morgan fingerprint density at radius 1 is 1.07 bits per heavy atom. The average Bonchev–Trinajstić information content (AvgIpc) is 2.61. The Labute approximate surface area is 162 Å². The van der Waals surface area contributed by atoms with Gasteiger partial charge in [-0.2, -0.15) is 13.2 Å². The fraction of sp³-hybridized carbons (Fsp3) is 0.176. The molecule has 0 spiro atoms. The number of hydrogen-bond acceptors (Lipinski definition) is 3. The number of halogens is 5. The van der Waals surface area contributed by atoms with E-state index in [2.05, 4.69) is 16.2 Å².